The first kappa shape index (κ1) is 17.9. The van der Waals surface area contributed by atoms with E-state index in [4.69, 9.17) is 9.97 Å². The summed E-state index contributed by atoms with van der Waals surface area (Å²) < 4.78 is 3.47. The van der Waals surface area contributed by atoms with Crippen LogP contribution in [0.4, 0.5) is 0 Å². The zero-order chi connectivity index (χ0) is 19.1. The van der Waals surface area contributed by atoms with Gasteiger partial charge in [0, 0.05) is 18.0 Å². The molecule has 0 aliphatic carbocycles. The predicted molar refractivity (Wildman–Crippen MR) is 115 cm³/mol. The molecule has 0 bridgehead atoms. The van der Waals surface area contributed by atoms with Gasteiger partial charge >= 0.3 is 0 Å². The van der Waals surface area contributed by atoms with E-state index in [1.54, 1.807) is 11.3 Å². The van der Waals surface area contributed by atoms with E-state index in [2.05, 4.69) is 81.8 Å². The van der Waals surface area contributed by atoms with Crippen molar-refractivity contribution in [2.75, 3.05) is 0 Å². The maximum atomic E-state index is 4.78. The smallest absolute Gasteiger partial charge is 0.146 e. The minimum Gasteiger partial charge on any atom is -0.299 e. The van der Waals surface area contributed by atoms with Gasteiger partial charge in [0.15, 0.2) is 0 Å². The molecule has 0 spiro atoms. The van der Waals surface area contributed by atoms with Crippen LogP contribution in [0, 0.1) is 6.92 Å². The maximum Gasteiger partial charge on any atom is 0.146 e. The van der Waals surface area contributed by atoms with Crippen molar-refractivity contribution in [1.29, 1.82) is 0 Å². The third kappa shape index (κ3) is 3.08. The summed E-state index contributed by atoms with van der Waals surface area (Å²) in [7, 11) is 0. The van der Waals surface area contributed by atoms with E-state index >= 15 is 0 Å². The molecule has 2 aromatic heterocycles. The number of aryl methyl sites for hydroxylation is 1. The fourth-order valence-electron chi connectivity index (χ4n) is 3.71. The largest absolute Gasteiger partial charge is 0.299 e. The summed E-state index contributed by atoms with van der Waals surface area (Å²) in [6.07, 6.45) is 3.98. The Morgan fingerprint density at radius 3 is 2.26 bits per heavy atom. The van der Waals surface area contributed by atoms with Gasteiger partial charge in [-0.3, -0.25) is 4.57 Å². The molecule has 0 N–H and O–H groups in total. The molecule has 4 heteroatoms. The molecule has 0 saturated carbocycles. The molecule has 0 fully saturated rings. The number of para-hydroxylation sites is 2. The Hall–Kier alpha value is -2.46. The predicted octanol–water partition coefficient (Wildman–Crippen LogP) is 6.70. The highest BCUT2D eigenvalue weighted by Crippen LogP contribution is 2.36. The van der Waals surface area contributed by atoms with Crippen LogP contribution < -0.4 is 0 Å². The molecule has 2 heterocycles. The van der Waals surface area contributed by atoms with Crippen LogP contribution in [-0.4, -0.2) is 14.5 Å². The quantitative estimate of drug-likeness (QED) is 0.397. The van der Waals surface area contributed by atoms with Crippen molar-refractivity contribution in [3.63, 3.8) is 0 Å². The van der Waals surface area contributed by atoms with Crippen molar-refractivity contribution in [3.8, 4) is 17.1 Å². The summed E-state index contributed by atoms with van der Waals surface area (Å²) in [6, 6.07) is 13.0. The lowest BCUT2D eigenvalue weighted by Gasteiger charge is -2.21. The Balaban J connectivity index is 2.01. The molecule has 0 unspecified atom stereocenters. The summed E-state index contributed by atoms with van der Waals surface area (Å²) in [5.41, 5.74) is 6.10. The number of imidazole rings is 1. The van der Waals surface area contributed by atoms with Crippen molar-refractivity contribution in [2.45, 2.75) is 46.5 Å². The molecule has 2 aromatic carbocycles. The van der Waals surface area contributed by atoms with E-state index in [0.29, 0.717) is 11.8 Å². The van der Waals surface area contributed by atoms with Crippen molar-refractivity contribution in [1.82, 2.24) is 14.5 Å². The second-order valence-electron chi connectivity index (χ2n) is 7.60. The molecule has 0 atom stereocenters. The lowest BCUT2D eigenvalue weighted by Crippen LogP contribution is -2.08. The van der Waals surface area contributed by atoms with Gasteiger partial charge in [0.2, 0.25) is 0 Å². The Labute approximate surface area is 164 Å². The first-order chi connectivity index (χ1) is 13.0. The van der Waals surface area contributed by atoms with Gasteiger partial charge in [-0.2, -0.15) is 0 Å². The number of thiazole rings is 1. The Kier molecular flexibility index (Phi) is 4.60. The molecule has 0 saturated heterocycles. The van der Waals surface area contributed by atoms with Crippen LogP contribution in [0.5, 0.6) is 0 Å². The average molecular weight is 376 g/mol. The maximum absolute atomic E-state index is 4.78. The third-order valence-electron chi connectivity index (χ3n) is 4.99. The Morgan fingerprint density at radius 2 is 1.59 bits per heavy atom. The minimum atomic E-state index is 0.436. The van der Waals surface area contributed by atoms with E-state index in [-0.39, 0.29) is 0 Å². The number of rotatable bonds is 4. The summed E-state index contributed by atoms with van der Waals surface area (Å²) in [4.78, 5) is 9.53. The molecular weight excluding hydrogens is 350 g/mol. The molecule has 0 amide bonds. The molecule has 0 aliphatic rings. The van der Waals surface area contributed by atoms with Crippen LogP contribution in [0.1, 0.15) is 55.7 Å². The van der Waals surface area contributed by atoms with Crippen molar-refractivity contribution in [2.24, 2.45) is 0 Å². The van der Waals surface area contributed by atoms with Crippen molar-refractivity contribution in [3.05, 3.63) is 64.9 Å². The highest BCUT2D eigenvalue weighted by molar-refractivity contribution is 7.18. The van der Waals surface area contributed by atoms with Gasteiger partial charge in [-0.25, -0.2) is 9.97 Å². The molecule has 27 heavy (non-hydrogen) atoms. The van der Waals surface area contributed by atoms with Crippen LogP contribution in [0.3, 0.4) is 0 Å². The minimum absolute atomic E-state index is 0.436. The van der Waals surface area contributed by atoms with Crippen molar-refractivity contribution < 1.29 is 0 Å². The fourth-order valence-corrected chi connectivity index (χ4v) is 4.57. The number of nitrogens with zero attached hydrogens (tertiary/aromatic N) is 3. The molecule has 138 valence electrons. The summed E-state index contributed by atoms with van der Waals surface area (Å²) in [5, 5.41) is 1.08. The third-order valence-corrected chi connectivity index (χ3v) is 5.93. The van der Waals surface area contributed by atoms with E-state index in [1.165, 1.54) is 21.5 Å². The average Bonchev–Trinajstić information content (AvgIpc) is 3.25. The topological polar surface area (TPSA) is 30.7 Å². The number of benzene rings is 2. The molecule has 4 rings (SSSR count). The fraction of sp³-hybridized carbons (Fsp3) is 0.304. The zero-order valence-corrected chi connectivity index (χ0v) is 17.3. The van der Waals surface area contributed by atoms with Crippen LogP contribution in [0.2, 0.25) is 0 Å². The van der Waals surface area contributed by atoms with Crippen molar-refractivity contribution >= 4 is 21.6 Å². The van der Waals surface area contributed by atoms with Crippen LogP contribution in [-0.2, 0) is 0 Å². The molecule has 0 radical (unpaired) electrons. The number of hydrogen-bond donors (Lipinski definition) is 0. The molecule has 0 aliphatic heterocycles. The number of hydrogen-bond acceptors (Lipinski definition) is 3. The zero-order valence-electron chi connectivity index (χ0n) is 16.5. The number of fused-ring (bicyclic) bond motifs is 1. The summed E-state index contributed by atoms with van der Waals surface area (Å²) in [6.45, 7) is 11.1. The standard InChI is InChI=1S/C23H25N3S/c1-14(2)17-8-6-9-18(15(3)4)22(17)26-13-12-24-23(26)19-10-7-11-20-21(19)25-16(5)27-20/h6-15H,1-5H3. The Morgan fingerprint density at radius 1 is 0.926 bits per heavy atom. The Bertz CT molecular complexity index is 1080. The van der Waals surface area contributed by atoms with Gasteiger partial charge in [-0.05, 0) is 42.0 Å². The normalized spacial score (nSPS) is 11.8. The van der Waals surface area contributed by atoms with E-state index in [9.17, 15) is 0 Å². The SMILES string of the molecule is Cc1nc2c(-c3nccn3-c3c(C(C)C)cccc3C(C)C)cccc2s1. The second-order valence-corrected chi connectivity index (χ2v) is 8.84. The van der Waals surface area contributed by atoms with Gasteiger partial charge in [0.05, 0.1) is 20.9 Å². The highest BCUT2D eigenvalue weighted by Gasteiger charge is 2.20. The van der Waals surface area contributed by atoms with E-state index in [0.717, 1.165) is 21.9 Å². The summed E-state index contributed by atoms with van der Waals surface area (Å²) in [5.74, 6) is 1.83. The van der Waals surface area contributed by atoms with Crippen LogP contribution >= 0.6 is 11.3 Å². The molecule has 4 aromatic rings. The number of aromatic nitrogens is 3. The highest BCUT2D eigenvalue weighted by atomic mass is 32.1. The van der Waals surface area contributed by atoms with Gasteiger partial charge in [0.1, 0.15) is 5.82 Å². The summed E-state index contributed by atoms with van der Waals surface area (Å²) >= 11 is 1.73. The first-order valence-corrected chi connectivity index (χ1v) is 10.3. The molecule has 3 nitrogen and oxygen atoms in total. The van der Waals surface area contributed by atoms with E-state index in [1.807, 2.05) is 6.20 Å². The van der Waals surface area contributed by atoms with Gasteiger partial charge in [-0.15, -0.1) is 11.3 Å². The van der Waals surface area contributed by atoms with Gasteiger partial charge < -0.3 is 0 Å². The first-order valence-electron chi connectivity index (χ1n) is 9.50. The van der Waals surface area contributed by atoms with E-state index < -0.39 is 0 Å². The van der Waals surface area contributed by atoms with Crippen LogP contribution in [0.15, 0.2) is 48.8 Å². The van der Waals surface area contributed by atoms with Crippen LogP contribution in [0.25, 0.3) is 27.3 Å². The van der Waals surface area contributed by atoms with Gasteiger partial charge in [-0.1, -0.05) is 52.0 Å². The second kappa shape index (κ2) is 6.93. The lowest BCUT2D eigenvalue weighted by atomic mass is 9.92. The molecular formula is C23H25N3S. The lowest BCUT2D eigenvalue weighted by molar-refractivity contribution is 0.807. The van der Waals surface area contributed by atoms with Gasteiger partial charge in [0.25, 0.3) is 0 Å². The monoisotopic (exact) mass is 375 g/mol.